The fourth-order valence-electron chi connectivity index (χ4n) is 1.42. The van der Waals surface area contributed by atoms with Gasteiger partial charge in [-0.1, -0.05) is 38.1 Å². The fourth-order valence-corrected chi connectivity index (χ4v) is 1.42. The zero-order chi connectivity index (χ0) is 10.6. The van der Waals surface area contributed by atoms with E-state index in [1.807, 2.05) is 6.92 Å². The topological polar surface area (TPSA) is 23.8 Å². The highest BCUT2D eigenvalue weighted by Crippen LogP contribution is 2.21. The summed E-state index contributed by atoms with van der Waals surface area (Å²) in [6.45, 7) is 6.34. The Morgan fingerprint density at radius 2 is 1.64 bits per heavy atom. The average molecular weight is 187 g/mol. The lowest BCUT2D eigenvalue weighted by atomic mass is 9.95. The van der Waals surface area contributed by atoms with Crippen LogP contribution >= 0.6 is 0 Å². The summed E-state index contributed by atoms with van der Waals surface area (Å²) in [4.78, 5) is 0. The molecule has 0 unspecified atom stereocenters. The minimum atomic E-state index is 0.000910. The van der Waals surface area contributed by atoms with E-state index in [1.165, 1.54) is 5.56 Å². The molecular formula is C13H17N. The Morgan fingerprint density at radius 1 is 1.14 bits per heavy atom. The molecule has 14 heavy (non-hydrogen) atoms. The minimum Gasteiger partial charge on any atom is -0.198 e. The van der Waals surface area contributed by atoms with Gasteiger partial charge in [0.15, 0.2) is 0 Å². The van der Waals surface area contributed by atoms with Crippen molar-refractivity contribution in [2.45, 2.75) is 39.0 Å². The van der Waals surface area contributed by atoms with Crippen molar-refractivity contribution in [3.63, 3.8) is 0 Å². The Balaban J connectivity index is 2.84. The zero-order valence-corrected chi connectivity index (χ0v) is 9.12. The molecule has 74 valence electrons. The average Bonchev–Trinajstić information content (AvgIpc) is 2.27. The van der Waals surface area contributed by atoms with Crippen LogP contribution in [0.25, 0.3) is 0 Å². The summed E-state index contributed by atoms with van der Waals surface area (Å²) in [5, 5.41) is 8.76. The van der Waals surface area contributed by atoms with Crippen LogP contribution in [0.2, 0.25) is 0 Å². The lowest BCUT2D eigenvalue weighted by molar-refractivity contribution is 0.732. The first-order valence-corrected chi connectivity index (χ1v) is 5.18. The van der Waals surface area contributed by atoms with Crippen molar-refractivity contribution in [1.82, 2.24) is 0 Å². The summed E-state index contributed by atoms with van der Waals surface area (Å²) in [5.74, 6) is 0.613. The summed E-state index contributed by atoms with van der Waals surface area (Å²) in [6.07, 6.45) is 1.16. The second kappa shape index (κ2) is 4.81. The molecule has 0 radical (unpaired) electrons. The van der Waals surface area contributed by atoms with Crippen molar-refractivity contribution in [1.29, 1.82) is 5.26 Å². The Hall–Kier alpha value is -1.29. The van der Waals surface area contributed by atoms with Crippen molar-refractivity contribution in [2.75, 3.05) is 0 Å². The Morgan fingerprint density at radius 3 is 2.07 bits per heavy atom. The first-order valence-electron chi connectivity index (χ1n) is 5.18. The standard InChI is InChI=1S/C13H17N/c1-4-10(2)12-5-7-13(8-6-12)11(3)9-14/h5-8,10-11H,4H2,1-3H3/t10-,11-/m0/s1. The molecule has 0 aliphatic carbocycles. The van der Waals surface area contributed by atoms with Crippen LogP contribution in [0.5, 0.6) is 0 Å². The molecule has 1 nitrogen and oxygen atoms in total. The smallest absolute Gasteiger partial charge is 0.0700 e. The highest BCUT2D eigenvalue weighted by molar-refractivity contribution is 5.29. The highest BCUT2D eigenvalue weighted by atomic mass is 14.3. The molecule has 0 saturated carbocycles. The minimum absolute atomic E-state index is 0.000910. The van der Waals surface area contributed by atoms with E-state index >= 15 is 0 Å². The van der Waals surface area contributed by atoms with Gasteiger partial charge in [0.05, 0.1) is 12.0 Å². The maximum Gasteiger partial charge on any atom is 0.0700 e. The van der Waals surface area contributed by atoms with Gasteiger partial charge in [-0.3, -0.25) is 0 Å². The lowest BCUT2D eigenvalue weighted by Crippen LogP contribution is -1.93. The summed E-state index contributed by atoms with van der Waals surface area (Å²) < 4.78 is 0. The molecule has 1 aromatic rings. The van der Waals surface area contributed by atoms with Gasteiger partial charge < -0.3 is 0 Å². The molecule has 0 aromatic heterocycles. The Labute approximate surface area is 86.4 Å². The molecule has 0 heterocycles. The molecule has 0 aliphatic rings. The van der Waals surface area contributed by atoms with Crippen LogP contribution in [0, 0.1) is 11.3 Å². The van der Waals surface area contributed by atoms with Crippen LogP contribution in [0.3, 0.4) is 0 Å². The van der Waals surface area contributed by atoms with Crippen molar-refractivity contribution in [3.8, 4) is 6.07 Å². The van der Waals surface area contributed by atoms with Crippen molar-refractivity contribution >= 4 is 0 Å². The quantitative estimate of drug-likeness (QED) is 0.705. The number of benzene rings is 1. The summed E-state index contributed by atoms with van der Waals surface area (Å²) in [6, 6.07) is 10.6. The SMILES string of the molecule is CC[C@H](C)c1ccc([C@@H](C)C#N)cc1. The van der Waals surface area contributed by atoms with E-state index in [4.69, 9.17) is 5.26 Å². The molecule has 2 atom stereocenters. The van der Waals surface area contributed by atoms with Crippen LogP contribution in [0.1, 0.15) is 50.2 Å². The third-order valence-corrected chi connectivity index (χ3v) is 2.81. The number of nitriles is 1. The van der Waals surface area contributed by atoms with E-state index < -0.39 is 0 Å². The van der Waals surface area contributed by atoms with Gasteiger partial charge in [0, 0.05) is 0 Å². The largest absolute Gasteiger partial charge is 0.198 e. The van der Waals surface area contributed by atoms with E-state index in [9.17, 15) is 0 Å². The number of rotatable bonds is 3. The van der Waals surface area contributed by atoms with Crippen LogP contribution in [-0.4, -0.2) is 0 Å². The van der Waals surface area contributed by atoms with Gasteiger partial charge in [-0.25, -0.2) is 0 Å². The van der Waals surface area contributed by atoms with Crippen LogP contribution < -0.4 is 0 Å². The molecule has 0 amide bonds. The van der Waals surface area contributed by atoms with Gasteiger partial charge in [-0.2, -0.15) is 5.26 Å². The molecule has 1 rings (SSSR count). The first kappa shape index (κ1) is 10.8. The molecule has 0 saturated heterocycles. The Bertz CT molecular complexity index is 318. The highest BCUT2D eigenvalue weighted by Gasteiger charge is 2.05. The first-order chi connectivity index (χ1) is 6.69. The van der Waals surface area contributed by atoms with Gasteiger partial charge >= 0.3 is 0 Å². The Kier molecular flexibility index (Phi) is 3.71. The lowest BCUT2D eigenvalue weighted by Gasteiger charge is -2.10. The summed E-state index contributed by atoms with van der Waals surface area (Å²) in [7, 11) is 0. The van der Waals surface area contributed by atoms with Gasteiger partial charge in [0.2, 0.25) is 0 Å². The van der Waals surface area contributed by atoms with Gasteiger partial charge in [-0.05, 0) is 30.4 Å². The molecular weight excluding hydrogens is 170 g/mol. The maximum absolute atomic E-state index is 8.76. The second-order valence-electron chi connectivity index (χ2n) is 3.83. The number of nitrogens with zero attached hydrogens (tertiary/aromatic N) is 1. The van der Waals surface area contributed by atoms with E-state index in [1.54, 1.807) is 0 Å². The number of hydrogen-bond donors (Lipinski definition) is 0. The van der Waals surface area contributed by atoms with E-state index in [-0.39, 0.29) is 5.92 Å². The van der Waals surface area contributed by atoms with Crippen LogP contribution in [0.4, 0.5) is 0 Å². The van der Waals surface area contributed by atoms with Crippen LogP contribution in [0.15, 0.2) is 24.3 Å². The number of hydrogen-bond acceptors (Lipinski definition) is 1. The fraction of sp³-hybridized carbons (Fsp3) is 0.462. The molecule has 0 spiro atoms. The van der Waals surface area contributed by atoms with Crippen molar-refractivity contribution < 1.29 is 0 Å². The van der Waals surface area contributed by atoms with Gasteiger partial charge in [0.25, 0.3) is 0 Å². The normalized spacial score (nSPS) is 14.4. The molecule has 1 aromatic carbocycles. The molecule has 1 heteroatoms. The summed E-state index contributed by atoms with van der Waals surface area (Å²) >= 11 is 0. The van der Waals surface area contributed by atoms with Crippen molar-refractivity contribution in [3.05, 3.63) is 35.4 Å². The van der Waals surface area contributed by atoms with Gasteiger partial charge in [-0.15, -0.1) is 0 Å². The third kappa shape index (κ3) is 2.35. The predicted molar refractivity (Wildman–Crippen MR) is 59.2 cm³/mol. The van der Waals surface area contributed by atoms with E-state index in [0.29, 0.717) is 5.92 Å². The van der Waals surface area contributed by atoms with E-state index in [2.05, 4.69) is 44.2 Å². The van der Waals surface area contributed by atoms with E-state index in [0.717, 1.165) is 12.0 Å². The molecule has 0 bridgehead atoms. The molecule has 0 aliphatic heterocycles. The zero-order valence-electron chi connectivity index (χ0n) is 9.12. The second-order valence-corrected chi connectivity index (χ2v) is 3.83. The summed E-state index contributed by atoms with van der Waals surface area (Å²) in [5.41, 5.74) is 2.47. The van der Waals surface area contributed by atoms with Gasteiger partial charge in [0.1, 0.15) is 0 Å². The predicted octanol–water partition coefficient (Wildman–Crippen LogP) is 3.83. The van der Waals surface area contributed by atoms with Crippen molar-refractivity contribution in [2.24, 2.45) is 0 Å². The monoisotopic (exact) mass is 187 g/mol. The molecule has 0 fully saturated rings. The van der Waals surface area contributed by atoms with Crippen LogP contribution in [-0.2, 0) is 0 Å². The maximum atomic E-state index is 8.76. The molecule has 0 N–H and O–H groups in total. The third-order valence-electron chi connectivity index (χ3n) is 2.81.